The molecule has 0 unspecified atom stereocenters. The monoisotopic (exact) mass is 174 g/mol. The first-order valence-corrected chi connectivity index (χ1v) is 5.85. The van der Waals surface area contributed by atoms with Gasteiger partial charge in [-0.15, -0.1) is 0 Å². The minimum absolute atomic E-state index is 1.20. The Kier molecular flexibility index (Phi) is 5.68. The second-order valence-electron chi connectivity index (χ2n) is 2.29. The van der Waals surface area contributed by atoms with Crippen LogP contribution < -0.4 is 5.32 Å². The zero-order valence-corrected chi connectivity index (χ0v) is 7.77. The van der Waals surface area contributed by atoms with E-state index in [2.05, 4.69) is 11.2 Å². The quantitative estimate of drug-likeness (QED) is 0.557. The van der Waals surface area contributed by atoms with Crippen molar-refractivity contribution >= 4 is 29.1 Å². The van der Waals surface area contributed by atoms with Crippen molar-refractivity contribution in [3.63, 3.8) is 0 Å². The Morgan fingerprint density at radius 3 is 2.20 bits per heavy atom. The maximum absolute atomic E-state index is 3.41. The molecule has 0 amide bonds. The molecule has 1 fully saturated rings. The molecule has 0 spiro atoms. The average molecular weight is 174 g/mol. The molecule has 1 heterocycles. The molecule has 1 nitrogen and oxygen atoms in total. The van der Waals surface area contributed by atoms with Crippen LogP contribution in [0.15, 0.2) is 0 Å². The van der Waals surface area contributed by atoms with Crippen molar-refractivity contribution in [3.05, 3.63) is 0 Å². The van der Waals surface area contributed by atoms with Crippen molar-refractivity contribution in [3.8, 4) is 0 Å². The summed E-state index contributed by atoms with van der Waals surface area (Å²) in [5.41, 5.74) is 0. The van der Waals surface area contributed by atoms with E-state index in [1.165, 1.54) is 37.4 Å². The standard InChI is InChI=1S/C6H13BNS2/c1-3-8-4-2-6-10-7-9-5-1/h8H,1-6H2. The maximum Gasteiger partial charge on any atom is 0.267 e. The fraction of sp³-hybridized carbons (Fsp3) is 1.00. The molecule has 0 saturated carbocycles. The van der Waals surface area contributed by atoms with Crippen molar-refractivity contribution in [2.24, 2.45) is 0 Å². The van der Waals surface area contributed by atoms with Gasteiger partial charge in [-0.3, -0.25) is 0 Å². The van der Waals surface area contributed by atoms with E-state index in [9.17, 15) is 0 Å². The van der Waals surface area contributed by atoms with Crippen LogP contribution in [0.3, 0.4) is 0 Å². The molecule has 10 heavy (non-hydrogen) atoms. The zero-order valence-electron chi connectivity index (χ0n) is 6.14. The molecular weight excluding hydrogens is 161 g/mol. The Hall–Kier alpha value is 0.725. The second kappa shape index (κ2) is 6.44. The highest BCUT2D eigenvalue weighted by Crippen LogP contribution is 2.11. The van der Waals surface area contributed by atoms with Gasteiger partial charge < -0.3 is 5.32 Å². The Labute approximate surface area is 72.1 Å². The van der Waals surface area contributed by atoms with Crippen LogP contribution in [0.2, 0.25) is 0 Å². The van der Waals surface area contributed by atoms with Gasteiger partial charge in [-0.2, -0.15) is 0 Å². The van der Waals surface area contributed by atoms with E-state index in [-0.39, 0.29) is 0 Å². The van der Waals surface area contributed by atoms with Gasteiger partial charge in [0.05, 0.1) is 0 Å². The summed E-state index contributed by atoms with van der Waals surface area (Å²) >= 11 is 3.90. The van der Waals surface area contributed by atoms with Crippen LogP contribution in [-0.2, 0) is 0 Å². The predicted octanol–water partition coefficient (Wildman–Crippen LogP) is 1.37. The molecule has 1 rings (SSSR count). The Bertz CT molecular complexity index is 48.9. The van der Waals surface area contributed by atoms with Crippen molar-refractivity contribution in [2.75, 3.05) is 24.6 Å². The van der Waals surface area contributed by atoms with E-state index < -0.39 is 0 Å². The molecule has 0 atom stereocenters. The second-order valence-corrected chi connectivity index (χ2v) is 4.55. The van der Waals surface area contributed by atoms with Crippen LogP contribution in [0.25, 0.3) is 0 Å². The van der Waals surface area contributed by atoms with E-state index in [4.69, 9.17) is 0 Å². The van der Waals surface area contributed by atoms with Gasteiger partial charge in [0, 0.05) is 0 Å². The minimum Gasteiger partial charge on any atom is -0.317 e. The molecule has 0 aliphatic carbocycles. The molecule has 1 N–H and O–H groups in total. The van der Waals surface area contributed by atoms with Crippen molar-refractivity contribution < 1.29 is 0 Å². The topological polar surface area (TPSA) is 12.0 Å². The molecule has 4 heteroatoms. The molecular formula is C6H13BNS2. The van der Waals surface area contributed by atoms with Crippen molar-refractivity contribution in [1.29, 1.82) is 0 Å². The smallest absolute Gasteiger partial charge is 0.267 e. The molecule has 57 valence electrons. The van der Waals surface area contributed by atoms with Gasteiger partial charge in [0.2, 0.25) is 0 Å². The van der Waals surface area contributed by atoms with Gasteiger partial charge in [-0.05, 0) is 37.4 Å². The molecule has 1 saturated heterocycles. The Morgan fingerprint density at radius 1 is 1.00 bits per heavy atom. The highest BCUT2D eigenvalue weighted by Gasteiger charge is 1.96. The maximum atomic E-state index is 3.41. The first-order chi connectivity index (χ1) is 5.00. The molecule has 1 aliphatic heterocycles. The van der Waals surface area contributed by atoms with Gasteiger partial charge in [0.1, 0.15) is 0 Å². The predicted molar refractivity (Wildman–Crippen MR) is 52.8 cm³/mol. The van der Waals surface area contributed by atoms with E-state index >= 15 is 0 Å². The van der Waals surface area contributed by atoms with Gasteiger partial charge >= 0.3 is 0 Å². The molecule has 1 radical (unpaired) electrons. The van der Waals surface area contributed by atoms with Crippen LogP contribution in [0.4, 0.5) is 0 Å². The van der Waals surface area contributed by atoms with Crippen LogP contribution in [0.1, 0.15) is 12.8 Å². The fourth-order valence-electron chi connectivity index (χ4n) is 0.830. The lowest BCUT2D eigenvalue weighted by Gasteiger charge is -2.07. The molecule has 0 bridgehead atoms. The summed E-state index contributed by atoms with van der Waals surface area (Å²) in [6.07, 6.45) is 2.61. The Balaban J connectivity index is 2.00. The van der Waals surface area contributed by atoms with E-state index in [0.717, 1.165) is 0 Å². The van der Waals surface area contributed by atoms with Crippen molar-refractivity contribution in [1.82, 2.24) is 5.32 Å². The van der Waals surface area contributed by atoms with E-state index in [1.807, 2.05) is 23.2 Å². The average Bonchev–Trinajstić information content (AvgIpc) is 2.01. The lowest BCUT2D eigenvalue weighted by molar-refractivity contribution is 0.668. The highest BCUT2D eigenvalue weighted by atomic mass is 32.2. The summed E-state index contributed by atoms with van der Waals surface area (Å²) in [6.45, 7) is 2.40. The van der Waals surface area contributed by atoms with E-state index in [0.29, 0.717) is 0 Å². The highest BCUT2D eigenvalue weighted by molar-refractivity contribution is 8.50. The first kappa shape index (κ1) is 8.82. The lowest BCUT2D eigenvalue weighted by atomic mass is 10.4. The van der Waals surface area contributed by atoms with Crippen LogP contribution in [0.5, 0.6) is 0 Å². The summed E-state index contributed by atoms with van der Waals surface area (Å²) in [5, 5.41) is 3.41. The van der Waals surface area contributed by atoms with Gasteiger partial charge in [0.15, 0.2) is 0 Å². The van der Waals surface area contributed by atoms with Gasteiger partial charge in [-0.1, -0.05) is 0 Å². The Morgan fingerprint density at radius 2 is 1.60 bits per heavy atom. The van der Waals surface area contributed by atoms with E-state index in [1.54, 1.807) is 0 Å². The zero-order chi connectivity index (χ0) is 7.07. The third-order valence-electron chi connectivity index (χ3n) is 1.37. The van der Waals surface area contributed by atoms with Crippen LogP contribution in [-0.4, -0.2) is 30.4 Å². The summed E-state index contributed by atoms with van der Waals surface area (Å²) in [6, 6.07) is 0. The summed E-state index contributed by atoms with van der Waals surface area (Å²) in [5.74, 6) is 4.84. The van der Waals surface area contributed by atoms with Crippen LogP contribution in [0, 0.1) is 0 Å². The largest absolute Gasteiger partial charge is 0.317 e. The van der Waals surface area contributed by atoms with Gasteiger partial charge in [-0.25, -0.2) is 23.2 Å². The summed E-state index contributed by atoms with van der Waals surface area (Å²) in [4.78, 5) is 0. The first-order valence-electron chi connectivity index (χ1n) is 3.76. The summed E-state index contributed by atoms with van der Waals surface area (Å²) in [7, 11) is 0. The molecule has 0 aromatic heterocycles. The number of rotatable bonds is 0. The third-order valence-corrected chi connectivity index (χ3v) is 3.50. The minimum atomic E-state index is 1.20. The molecule has 0 aromatic carbocycles. The number of nitrogens with one attached hydrogen (secondary N) is 1. The fourth-order valence-corrected chi connectivity index (χ4v) is 2.61. The van der Waals surface area contributed by atoms with Crippen LogP contribution >= 0.6 is 23.2 Å². The van der Waals surface area contributed by atoms with Gasteiger partial charge in [0.25, 0.3) is 5.84 Å². The SMILES string of the molecule is [B]1SCCCNCCCS1. The summed E-state index contributed by atoms with van der Waals surface area (Å²) < 4.78 is 0. The number of hydrogen-bond donors (Lipinski definition) is 1. The lowest BCUT2D eigenvalue weighted by Crippen LogP contribution is -2.18. The third kappa shape index (κ3) is 4.53. The molecule has 1 aliphatic rings. The molecule has 0 aromatic rings. The van der Waals surface area contributed by atoms with Crippen molar-refractivity contribution in [2.45, 2.75) is 12.8 Å². The number of hydrogen-bond acceptors (Lipinski definition) is 3. The normalized spacial score (nSPS) is 23.2.